The summed E-state index contributed by atoms with van der Waals surface area (Å²) in [7, 11) is 0. The fraction of sp³-hybridized carbons (Fsp3) is 0.179. The monoisotopic (exact) mass is 458 g/mol. The van der Waals surface area contributed by atoms with Gasteiger partial charge in [0.25, 0.3) is 0 Å². The number of hydrogen-bond donors (Lipinski definition) is 0. The van der Waals surface area contributed by atoms with E-state index in [9.17, 15) is 14.4 Å². The number of benzene rings is 3. The van der Waals surface area contributed by atoms with Crippen LogP contribution in [0.25, 0.3) is 22.3 Å². The van der Waals surface area contributed by atoms with E-state index in [-0.39, 0.29) is 30.4 Å². The maximum absolute atomic E-state index is 12.1. The number of ether oxygens (including phenoxy) is 3. The second kappa shape index (κ2) is 11.1. The van der Waals surface area contributed by atoms with Gasteiger partial charge in [0.1, 0.15) is 17.2 Å². The lowest BCUT2D eigenvalue weighted by molar-refractivity contribution is -0.134. The van der Waals surface area contributed by atoms with Gasteiger partial charge in [-0.2, -0.15) is 0 Å². The van der Waals surface area contributed by atoms with Crippen LogP contribution in [0.1, 0.15) is 33.6 Å². The van der Waals surface area contributed by atoms with Crippen molar-refractivity contribution in [1.82, 2.24) is 0 Å². The molecule has 3 aromatic carbocycles. The molecule has 0 saturated heterocycles. The van der Waals surface area contributed by atoms with Crippen LogP contribution in [-0.2, 0) is 14.4 Å². The van der Waals surface area contributed by atoms with Crippen molar-refractivity contribution >= 4 is 17.9 Å². The minimum Gasteiger partial charge on any atom is -0.427 e. The highest BCUT2D eigenvalue weighted by molar-refractivity contribution is 5.89. The molecule has 0 radical (unpaired) electrons. The van der Waals surface area contributed by atoms with E-state index in [0.29, 0.717) is 17.2 Å². The van der Waals surface area contributed by atoms with Gasteiger partial charge in [-0.25, -0.2) is 4.79 Å². The van der Waals surface area contributed by atoms with Gasteiger partial charge < -0.3 is 14.2 Å². The van der Waals surface area contributed by atoms with Gasteiger partial charge in [-0.15, -0.1) is 0 Å². The summed E-state index contributed by atoms with van der Waals surface area (Å²) in [4.78, 5) is 35.2. The summed E-state index contributed by atoms with van der Waals surface area (Å²) < 4.78 is 16.0. The van der Waals surface area contributed by atoms with Crippen molar-refractivity contribution < 1.29 is 28.6 Å². The van der Waals surface area contributed by atoms with Crippen LogP contribution in [0.4, 0.5) is 0 Å². The SMILES string of the molecule is C=C(C)C(=O)Oc1cc(-c2ccc(OC(=O)CC)cc2)cc(-c2ccc(OC(=O)CC)cc2)c1. The summed E-state index contributed by atoms with van der Waals surface area (Å²) in [6.07, 6.45) is 0.579. The second-order valence-corrected chi connectivity index (χ2v) is 7.62. The van der Waals surface area contributed by atoms with Crippen LogP contribution in [0, 0.1) is 0 Å². The van der Waals surface area contributed by atoms with Crippen LogP contribution < -0.4 is 14.2 Å². The highest BCUT2D eigenvalue weighted by atomic mass is 16.5. The third-order valence-corrected chi connectivity index (χ3v) is 4.88. The molecule has 0 aliphatic heterocycles. The quantitative estimate of drug-likeness (QED) is 0.229. The van der Waals surface area contributed by atoms with Crippen molar-refractivity contribution in [1.29, 1.82) is 0 Å². The summed E-state index contributed by atoms with van der Waals surface area (Å²) in [5.74, 6) is 0.139. The van der Waals surface area contributed by atoms with Gasteiger partial charge in [0.15, 0.2) is 0 Å². The van der Waals surface area contributed by atoms with Crippen molar-refractivity contribution in [3.8, 4) is 39.5 Å². The molecule has 0 saturated carbocycles. The minimum atomic E-state index is -0.522. The Balaban J connectivity index is 1.97. The summed E-state index contributed by atoms with van der Waals surface area (Å²) in [6, 6.07) is 19.6. The van der Waals surface area contributed by atoms with Crippen LogP contribution in [0.5, 0.6) is 17.2 Å². The van der Waals surface area contributed by atoms with Crippen molar-refractivity contribution in [2.45, 2.75) is 33.6 Å². The zero-order chi connectivity index (χ0) is 24.7. The van der Waals surface area contributed by atoms with Gasteiger partial charge >= 0.3 is 17.9 Å². The van der Waals surface area contributed by atoms with Crippen molar-refractivity contribution in [2.24, 2.45) is 0 Å². The fourth-order valence-corrected chi connectivity index (χ4v) is 3.02. The Morgan fingerprint density at radius 1 is 0.618 bits per heavy atom. The number of carbonyl (C=O) groups is 3. The zero-order valence-electron chi connectivity index (χ0n) is 19.4. The summed E-state index contributed by atoms with van der Waals surface area (Å²) in [6.45, 7) is 8.68. The van der Waals surface area contributed by atoms with E-state index in [1.54, 1.807) is 57.2 Å². The van der Waals surface area contributed by atoms with E-state index in [1.165, 1.54) is 0 Å². The van der Waals surface area contributed by atoms with E-state index in [2.05, 4.69) is 6.58 Å². The first kappa shape index (κ1) is 24.5. The maximum atomic E-state index is 12.1. The first-order valence-electron chi connectivity index (χ1n) is 10.9. The van der Waals surface area contributed by atoms with E-state index < -0.39 is 5.97 Å². The molecule has 0 aromatic heterocycles. The van der Waals surface area contributed by atoms with Gasteiger partial charge in [0.2, 0.25) is 0 Å². The molecule has 0 unspecified atom stereocenters. The lowest BCUT2D eigenvalue weighted by atomic mass is 9.98. The molecular formula is C28H26O6. The molecule has 0 fully saturated rings. The molecule has 6 nitrogen and oxygen atoms in total. The van der Waals surface area contributed by atoms with Gasteiger partial charge in [0, 0.05) is 18.4 Å². The van der Waals surface area contributed by atoms with Crippen molar-refractivity contribution in [3.05, 3.63) is 78.9 Å². The Bertz CT molecular complexity index is 1130. The first-order valence-corrected chi connectivity index (χ1v) is 10.9. The molecule has 0 atom stereocenters. The first-order chi connectivity index (χ1) is 16.3. The van der Waals surface area contributed by atoms with E-state index in [4.69, 9.17) is 14.2 Å². The number of rotatable bonds is 8. The Kier molecular flexibility index (Phi) is 7.98. The number of hydrogen-bond acceptors (Lipinski definition) is 6. The van der Waals surface area contributed by atoms with Crippen LogP contribution in [0.15, 0.2) is 78.9 Å². The van der Waals surface area contributed by atoms with E-state index in [1.807, 2.05) is 30.3 Å². The molecule has 0 bridgehead atoms. The molecule has 6 heteroatoms. The lowest BCUT2D eigenvalue weighted by Gasteiger charge is -2.12. The molecule has 0 aliphatic rings. The lowest BCUT2D eigenvalue weighted by Crippen LogP contribution is -2.08. The zero-order valence-corrected chi connectivity index (χ0v) is 19.4. The Morgan fingerprint density at radius 3 is 1.38 bits per heavy atom. The van der Waals surface area contributed by atoms with Gasteiger partial charge in [-0.05, 0) is 71.6 Å². The second-order valence-electron chi connectivity index (χ2n) is 7.62. The molecule has 0 amide bonds. The highest BCUT2D eigenvalue weighted by Gasteiger charge is 2.12. The topological polar surface area (TPSA) is 78.9 Å². The molecule has 3 aromatic rings. The average molecular weight is 459 g/mol. The summed E-state index contributed by atoms with van der Waals surface area (Å²) in [5, 5.41) is 0. The number of esters is 3. The van der Waals surface area contributed by atoms with Gasteiger partial charge in [-0.1, -0.05) is 44.7 Å². The minimum absolute atomic E-state index is 0.288. The third-order valence-electron chi connectivity index (χ3n) is 4.88. The molecule has 34 heavy (non-hydrogen) atoms. The number of carbonyl (C=O) groups excluding carboxylic acids is 3. The third kappa shape index (κ3) is 6.42. The van der Waals surface area contributed by atoms with Crippen LogP contribution in [0.3, 0.4) is 0 Å². The van der Waals surface area contributed by atoms with Crippen LogP contribution in [0.2, 0.25) is 0 Å². The van der Waals surface area contributed by atoms with E-state index in [0.717, 1.165) is 22.3 Å². The largest absolute Gasteiger partial charge is 0.427 e. The molecule has 174 valence electrons. The van der Waals surface area contributed by atoms with Crippen LogP contribution >= 0.6 is 0 Å². The maximum Gasteiger partial charge on any atom is 0.338 e. The van der Waals surface area contributed by atoms with Gasteiger partial charge in [0.05, 0.1) is 0 Å². The average Bonchev–Trinajstić information content (AvgIpc) is 2.84. The molecule has 0 heterocycles. The molecule has 0 N–H and O–H groups in total. The Morgan fingerprint density at radius 2 is 1.03 bits per heavy atom. The molecule has 0 spiro atoms. The summed E-state index contributed by atoms with van der Waals surface area (Å²) in [5.41, 5.74) is 3.59. The van der Waals surface area contributed by atoms with Gasteiger partial charge in [-0.3, -0.25) is 9.59 Å². The van der Waals surface area contributed by atoms with Crippen molar-refractivity contribution in [3.63, 3.8) is 0 Å². The normalized spacial score (nSPS) is 10.3. The standard InChI is InChI=1S/C28H26O6/c1-5-26(29)32-23-11-7-19(8-12-23)21-15-22(17-25(16-21)34-28(31)18(3)4)20-9-13-24(14-10-20)33-27(30)6-2/h7-17H,3,5-6H2,1-2,4H3. The molecular weight excluding hydrogens is 432 g/mol. The van der Waals surface area contributed by atoms with E-state index >= 15 is 0 Å². The predicted molar refractivity (Wildman–Crippen MR) is 130 cm³/mol. The van der Waals surface area contributed by atoms with Crippen LogP contribution in [-0.4, -0.2) is 17.9 Å². The van der Waals surface area contributed by atoms with Crippen molar-refractivity contribution in [2.75, 3.05) is 0 Å². The Labute approximate surface area is 198 Å². The Hall–Kier alpha value is -4.19. The highest BCUT2D eigenvalue weighted by Crippen LogP contribution is 2.33. The fourth-order valence-electron chi connectivity index (χ4n) is 3.02. The summed E-state index contributed by atoms with van der Waals surface area (Å²) >= 11 is 0. The molecule has 0 aliphatic carbocycles. The molecule has 3 rings (SSSR count). The smallest absolute Gasteiger partial charge is 0.338 e. The predicted octanol–water partition coefficient (Wildman–Crippen LogP) is 6.13.